The lowest BCUT2D eigenvalue weighted by molar-refractivity contribution is -0.0580. The summed E-state index contributed by atoms with van der Waals surface area (Å²) in [6.07, 6.45) is 5.59. The predicted octanol–water partition coefficient (Wildman–Crippen LogP) is 4.68. The van der Waals surface area contributed by atoms with Crippen molar-refractivity contribution >= 4 is 22.0 Å². The number of nitrogens with zero attached hydrogens (tertiary/aromatic N) is 1. The molecule has 0 aromatic heterocycles. The monoisotopic (exact) mass is 553 g/mol. The Morgan fingerprint density at radius 3 is 2.83 bits per heavy atom. The van der Waals surface area contributed by atoms with E-state index in [2.05, 4.69) is 47.0 Å². The molecule has 1 heterocycles. The van der Waals surface area contributed by atoms with Gasteiger partial charge in [0, 0.05) is 50.9 Å². The molecule has 2 rings (SSSR count). The van der Waals surface area contributed by atoms with E-state index in [-0.39, 0.29) is 18.0 Å². The van der Waals surface area contributed by atoms with Crippen molar-refractivity contribution in [1.29, 1.82) is 0 Å². The van der Waals surface area contributed by atoms with Crippen LogP contribution in [0, 0.1) is 11.8 Å². The second-order valence-electron chi connectivity index (χ2n) is 9.73. The highest BCUT2D eigenvalue weighted by molar-refractivity contribution is 9.10. The minimum atomic E-state index is -1.14. The molecule has 7 nitrogen and oxygen atoms in total. The van der Waals surface area contributed by atoms with E-state index < -0.39 is 5.60 Å². The van der Waals surface area contributed by atoms with E-state index in [0.29, 0.717) is 50.9 Å². The fraction of sp³-hybridized carbons (Fsp3) is 0.667. The van der Waals surface area contributed by atoms with Crippen molar-refractivity contribution in [3.05, 3.63) is 40.9 Å². The number of para-hydroxylation sites is 1. The first-order valence-electron chi connectivity index (χ1n) is 12.7. The number of rotatable bonds is 14. The van der Waals surface area contributed by atoms with Crippen LogP contribution in [0.15, 0.2) is 35.3 Å². The fourth-order valence-corrected chi connectivity index (χ4v) is 5.29. The maximum atomic E-state index is 13.2. The van der Waals surface area contributed by atoms with Gasteiger partial charge in [0.25, 0.3) is 0 Å². The van der Waals surface area contributed by atoms with E-state index in [9.17, 15) is 9.90 Å². The van der Waals surface area contributed by atoms with Crippen LogP contribution < -0.4 is 15.4 Å². The SMILES string of the molecule is C=CCOc1c(Br)cccc1[C@](O)(CCCCOC)[C@@H]1CCCN(C(=O)N[C@H](CNC)C(C)C)C1. The molecule has 2 amide bonds. The number of unbranched alkanes of at least 4 members (excludes halogenated alkanes) is 1. The smallest absolute Gasteiger partial charge is 0.317 e. The van der Waals surface area contributed by atoms with E-state index in [4.69, 9.17) is 9.47 Å². The molecule has 0 radical (unpaired) electrons. The summed E-state index contributed by atoms with van der Waals surface area (Å²) in [6, 6.07) is 5.77. The lowest BCUT2D eigenvalue weighted by atomic mass is 9.73. The predicted molar refractivity (Wildman–Crippen MR) is 145 cm³/mol. The zero-order valence-electron chi connectivity index (χ0n) is 21.8. The van der Waals surface area contributed by atoms with Gasteiger partial charge in [0.05, 0.1) is 10.1 Å². The Balaban J connectivity index is 2.32. The number of hydrogen-bond acceptors (Lipinski definition) is 5. The van der Waals surface area contributed by atoms with E-state index >= 15 is 0 Å². The molecule has 1 aliphatic heterocycles. The Morgan fingerprint density at radius 1 is 1.40 bits per heavy atom. The second kappa shape index (κ2) is 14.8. The summed E-state index contributed by atoms with van der Waals surface area (Å²) < 4.78 is 12.0. The molecule has 35 heavy (non-hydrogen) atoms. The van der Waals surface area contributed by atoms with Crippen LogP contribution in [0.4, 0.5) is 4.79 Å². The molecule has 1 fully saturated rings. The number of urea groups is 1. The lowest BCUT2D eigenvalue weighted by Crippen LogP contribution is -2.54. The van der Waals surface area contributed by atoms with Crippen molar-refractivity contribution in [1.82, 2.24) is 15.5 Å². The summed E-state index contributed by atoms with van der Waals surface area (Å²) in [4.78, 5) is 15.1. The first-order chi connectivity index (χ1) is 16.8. The van der Waals surface area contributed by atoms with Gasteiger partial charge in [0.2, 0.25) is 0 Å². The largest absolute Gasteiger partial charge is 0.488 e. The Morgan fingerprint density at radius 2 is 2.17 bits per heavy atom. The summed E-state index contributed by atoms with van der Waals surface area (Å²) in [7, 11) is 3.59. The fourth-order valence-electron chi connectivity index (χ4n) is 4.81. The molecular weight excluding hydrogens is 510 g/mol. The quantitative estimate of drug-likeness (QED) is 0.230. The first-order valence-corrected chi connectivity index (χ1v) is 13.5. The molecule has 198 valence electrons. The van der Waals surface area contributed by atoms with Gasteiger partial charge in [-0.25, -0.2) is 4.79 Å². The highest BCUT2D eigenvalue weighted by Crippen LogP contribution is 2.45. The summed E-state index contributed by atoms with van der Waals surface area (Å²) in [5.74, 6) is 0.833. The Labute approximate surface area is 219 Å². The van der Waals surface area contributed by atoms with Crippen molar-refractivity contribution in [3.8, 4) is 5.75 Å². The second-order valence-corrected chi connectivity index (χ2v) is 10.6. The topological polar surface area (TPSA) is 83.1 Å². The van der Waals surface area contributed by atoms with Crippen LogP contribution >= 0.6 is 15.9 Å². The van der Waals surface area contributed by atoms with E-state index in [1.165, 1.54) is 0 Å². The zero-order chi connectivity index (χ0) is 25.8. The minimum Gasteiger partial charge on any atom is -0.488 e. The van der Waals surface area contributed by atoms with Crippen molar-refractivity contribution < 1.29 is 19.4 Å². The van der Waals surface area contributed by atoms with Gasteiger partial charge < -0.3 is 30.1 Å². The number of carbonyl (C=O) groups excluding carboxylic acids is 1. The molecule has 1 aromatic carbocycles. The van der Waals surface area contributed by atoms with Gasteiger partial charge in [-0.05, 0) is 67.1 Å². The Hall–Kier alpha value is -1.61. The van der Waals surface area contributed by atoms with Crippen molar-refractivity contribution in [2.45, 2.75) is 57.6 Å². The third-order valence-corrected chi connectivity index (χ3v) is 7.48. The van der Waals surface area contributed by atoms with Crippen LogP contribution in [0.5, 0.6) is 5.75 Å². The number of halogens is 1. The summed E-state index contributed by atoms with van der Waals surface area (Å²) in [6.45, 7) is 10.9. The Bertz CT molecular complexity index is 807. The highest BCUT2D eigenvalue weighted by Gasteiger charge is 2.43. The molecule has 1 saturated heterocycles. The van der Waals surface area contributed by atoms with Crippen LogP contribution in [-0.4, -0.2) is 69.1 Å². The van der Waals surface area contributed by atoms with Crippen LogP contribution in [0.25, 0.3) is 0 Å². The molecule has 0 saturated carbocycles. The van der Waals surface area contributed by atoms with E-state index in [1.807, 2.05) is 30.1 Å². The van der Waals surface area contributed by atoms with Crippen molar-refractivity contribution in [3.63, 3.8) is 0 Å². The molecule has 1 aliphatic rings. The molecule has 0 unspecified atom stereocenters. The van der Waals surface area contributed by atoms with Crippen LogP contribution in [-0.2, 0) is 10.3 Å². The zero-order valence-corrected chi connectivity index (χ0v) is 23.4. The first kappa shape index (κ1) is 29.6. The standard InChI is InChI=1S/C27H44BrN3O4/c1-6-16-35-25-22(12-9-13-23(25)28)27(33,14-7-8-17-34-5)21-11-10-15-31(19-21)26(32)30-24(18-29-4)20(2)3/h6,9,12-13,20-21,24,29,33H,1,7-8,10-11,14-19H2,2-5H3,(H,30,32)/t21-,24-,27+/m1/s1. The van der Waals surface area contributed by atoms with E-state index in [0.717, 1.165) is 35.7 Å². The normalized spacial score (nSPS) is 18.7. The van der Waals surface area contributed by atoms with Gasteiger partial charge >= 0.3 is 6.03 Å². The number of piperidine rings is 1. The molecule has 0 bridgehead atoms. The number of aliphatic hydroxyl groups is 1. The number of ether oxygens (including phenoxy) is 2. The van der Waals surface area contributed by atoms with Gasteiger partial charge in [-0.2, -0.15) is 0 Å². The third-order valence-electron chi connectivity index (χ3n) is 6.86. The minimum absolute atomic E-state index is 0.0461. The van der Waals surface area contributed by atoms with Crippen molar-refractivity contribution in [2.24, 2.45) is 11.8 Å². The average molecular weight is 555 g/mol. The average Bonchev–Trinajstić information content (AvgIpc) is 2.85. The van der Waals surface area contributed by atoms with Gasteiger partial charge in [-0.1, -0.05) is 38.6 Å². The van der Waals surface area contributed by atoms with Gasteiger partial charge in [-0.15, -0.1) is 0 Å². The number of likely N-dealkylation sites (tertiary alicyclic amines) is 1. The van der Waals surface area contributed by atoms with Crippen LogP contribution in [0.2, 0.25) is 0 Å². The van der Waals surface area contributed by atoms with Gasteiger partial charge in [-0.3, -0.25) is 0 Å². The number of amides is 2. The number of benzene rings is 1. The number of hydrogen-bond donors (Lipinski definition) is 3. The van der Waals surface area contributed by atoms with Gasteiger partial charge in [0.1, 0.15) is 12.4 Å². The molecular formula is C27H44BrN3O4. The van der Waals surface area contributed by atoms with Crippen molar-refractivity contribution in [2.75, 3.05) is 47.0 Å². The summed E-state index contributed by atoms with van der Waals surface area (Å²) >= 11 is 3.61. The molecule has 3 atom stereocenters. The highest BCUT2D eigenvalue weighted by atomic mass is 79.9. The number of carbonyl (C=O) groups is 1. The molecule has 3 N–H and O–H groups in total. The number of likely N-dealkylation sites (N-methyl/N-ethyl adjacent to an activating group) is 1. The molecule has 1 aromatic rings. The summed E-state index contributed by atoms with van der Waals surface area (Å²) in [5, 5.41) is 18.7. The van der Waals surface area contributed by atoms with E-state index in [1.54, 1.807) is 13.2 Å². The summed E-state index contributed by atoms with van der Waals surface area (Å²) in [5.41, 5.74) is -0.385. The lowest BCUT2D eigenvalue weighted by Gasteiger charge is -2.43. The number of methoxy groups -OCH3 is 1. The third kappa shape index (κ3) is 8.20. The number of nitrogens with one attached hydrogen (secondary N) is 2. The molecule has 0 spiro atoms. The Kier molecular flexibility index (Phi) is 12.6. The van der Waals surface area contributed by atoms with Gasteiger partial charge in [0.15, 0.2) is 0 Å². The molecule has 8 heteroatoms. The van der Waals surface area contributed by atoms with Crippen LogP contribution in [0.3, 0.4) is 0 Å². The maximum absolute atomic E-state index is 13.2. The van der Waals surface area contributed by atoms with Crippen LogP contribution in [0.1, 0.15) is 51.5 Å². The molecule has 0 aliphatic carbocycles. The maximum Gasteiger partial charge on any atom is 0.317 e.